The molecule has 1 fully saturated rings. The summed E-state index contributed by atoms with van der Waals surface area (Å²) in [5, 5.41) is 1.40. The molecule has 0 aromatic heterocycles. The summed E-state index contributed by atoms with van der Waals surface area (Å²) in [6.07, 6.45) is 0.573. The molecule has 2 heterocycles. The number of fused-ring (bicyclic) bond motifs is 1. The molecule has 2 aliphatic rings. The van der Waals surface area contributed by atoms with E-state index in [1.54, 1.807) is 41.5 Å². The van der Waals surface area contributed by atoms with Gasteiger partial charge in [-0.3, -0.25) is 9.59 Å². The summed E-state index contributed by atoms with van der Waals surface area (Å²) in [7, 11) is 0. The van der Waals surface area contributed by atoms with Crippen LogP contribution in [0.25, 0.3) is 0 Å². The zero-order chi connectivity index (χ0) is 22.9. The number of esters is 2. The fourth-order valence-electron chi connectivity index (χ4n) is 2.68. The summed E-state index contributed by atoms with van der Waals surface area (Å²) in [4.78, 5) is 51.1. The number of alkyl halides is 1. The lowest BCUT2D eigenvalue weighted by Crippen LogP contribution is -2.69. The average Bonchev–Trinajstić information content (AvgIpc) is 2.59. The number of β-lactam (4-membered cyclic amide) rings is 1. The van der Waals surface area contributed by atoms with Gasteiger partial charge in [-0.05, 0) is 41.5 Å². The number of ether oxygens (including phenoxy) is 3. The van der Waals surface area contributed by atoms with Crippen molar-refractivity contribution in [1.29, 1.82) is 0 Å². The minimum atomic E-state index is -0.996. The zero-order valence-corrected chi connectivity index (χ0v) is 20.2. The van der Waals surface area contributed by atoms with Crippen molar-refractivity contribution in [2.45, 2.75) is 69.4 Å². The van der Waals surface area contributed by atoms with Crippen molar-refractivity contribution in [3.8, 4) is 0 Å². The summed E-state index contributed by atoms with van der Waals surface area (Å²) < 4.78 is 15.8. The Balaban J connectivity index is 2.22. The van der Waals surface area contributed by atoms with Crippen LogP contribution in [-0.2, 0) is 28.6 Å². The number of carbonyl (C=O) groups is 4. The molecule has 0 aliphatic carbocycles. The van der Waals surface area contributed by atoms with Gasteiger partial charge in [-0.2, -0.15) is 0 Å². The number of halogens is 1. The summed E-state index contributed by atoms with van der Waals surface area (Å²) in [5.41, 5.74) is -1.46. The molecule has 2 rings (SSSR count). The zero-order valence-electron chi connectivity index (χ0n) is 17.8. The number of amides is 2. The molecule has 11 heteroatoms. The summed E-state index contributed by atoms with van der Waals surface area (Å²) in [5.74, 6) is -1.73. The van der Waals surface area contributed by atoms with Crippen molar-refractivity contribution in [1.82, 2.24) is 10.2 Å². The van der Waals surface area contributed by atoms with E-state index in [2.05, 4.69) is 21.2 Å². The van der Waals surface area contributed by atoms with Gasteiger partial charge in [0, 0.05) is 11.5 Å². The molecular weight excluding hydrogens is 480 g/mol. The predicted octanol–water partition coefficient (Wildman–Crippen LogP) is 2.33. The second kappa shape index (κ2) is 9.17. The predicted molar refractivity (Wildman–Crippen MR) is 114 cm³/mol. The van der Waals surface area contributed by atoms with E-state index in [1.165, 1.54) is 11.1 Å². The third-order valence-corrected chi connectivity index (χ3v) is 5.58. The highest BCUT2D eigenvalue weighted by atomic mass is 79.9. The van der Waals surface area contributed by atoms with E-state index < -0.39 is 51.8 Å². The highest BCUT2D eigenvalue weighted by Crippen LogP contribution is 2.41. The first-order valence-corrected chi connectivity index (χ1v) is 11.4. The Morgan fingerprint density at radius 3 is 2.27 bits per heavy atom. The Morgan fingerprint density at radius 2 is 1.73 bits per heavy atom. The van der Waals surface area contributed by atoms with Gasteiger partial charge >= 0.3 is 18.0 Å². The monoisotopic (exact) mass is 506 g/mol. The van der Waals surface area contributed by atoms with Crippen LogP contribution < -0.4 is 5.32 Å². The van der Waals surface area contributed by atoms with Crippen molar-refractivity contribution in [2.75, 3.05) is 11.9 Å². The smallest absolute Gasteiger partial charge is 0.408 e. The topological polar surface area (TPSA) is 111 Å². The fraction of sp³-hybridized carbons (Fsp3) is 0.684. The summed E-state index contributed by atoms with van der Waals surface area (Å²) in [6.45, 7) is 10.4. The Labute approximate surface area is 188 Å². The third kappa shape index (κ3) is 6.13. The van der Waals surface area contributed by atoms with Crippen LogP contribution in [0.15, 0.2) is 11.8 Å². The molecule has 0 spiro atoms. The number of nitrogens with zero attached hydrogens (tertiary/aromatic N) is 1. The molecule has 168 valence electrons. The number of hydrogen-bond acceptors (Lipinski definition) is 8. The van der Waals surface area contributed by atoms with E-state index in [1.807, 2.05) is 0 Å². The van der Waals surface area contributed by atoms with Crippen molar-refractivity contribution >= 4 is 51.6 Å². The maximum atomic E-state index is 12.8. The molecule has 3 atom stereocenters. The Bertz CT molecular complexity index is 757. The Hall–Kier alpha value is -1.75. The molecule has 30 heavy (non-hydrogen) atoms. The van der Waals surface area contributed by atoms with Crippen LogP contribution in [0, 0.1) is 0 Å². The number of thioether (sulfide) groups is 1. The van der Waals surface area contributed by atoms with Gasteiger partial charge in [0.15, 0.2) is 0 Å². The number of alkyl carbamates (subject to hydrolysis) is 1. The number of carbonyl (C=O) groups excluding carboxylic acids is 4. The van der Waals surface area contributed by atoms with Crippen LogP contribution in [0.4, 0.5) is 4.79 Å². The van der Waals surface area contributed by atoms with Crippen molar-refractivity contribution in [2.24, 2.45) is 0 Å². The second-order valence-corrected chi connectivity index (χ2v) is 10.7. The Morgan fingerprint density at radius 1 is 1.13 bits per heavy atom. The normalized spacial score (nSPS) is 23.6. The SMILES string of the molecule is CC(C)(C)OC(=O)NC1C(=O)N2C=C(C(=O)OCCBr)C(C(=O)OC(C)(C)C)S[C@H]12. The van der Waals surface area contributed by atoms with Crippen LogP contribution in [0.5, 0.6) is 0 Å². The molecule has 0 bridgehead atoms. The van der Waals surface area contributed by atoms with E-state index >= 15 is 0 Å². The summed E-state index contributed by atoms with van der Waals surface area (Å²) >= 11 is 4.22. The van der Waals surface area contributed by atoms with Crippen LogP contribution in [-0.4, -0.2) is 68.6 Å². The lowest BCUT2D eigenvalue weighted by Gasteiger charge is -2.48. The number of hydrogen-bond donors (Lipinski definition) is 1. The molecule has 0 saturated carbocycles. The molecule has 1 saturated heterocycles. The van der Waals surface area contributed by atoms with E-state index in [0.29, 0.717) is 5.33 Å². The molecular formula is C19H27BrN2O7S. The maximum absolute atomic E-state index is 12.8. The van der Waals surface area contributed by atoms with Crippen LogP contribution in [0.3, 0.4) is 0 Å². The van der Waals surface area contributed by atoms with Crippen LogP contribution >= 0.6 is 27.7 Å². The first kappa shape index (κ1) is 24.5. The lowest BCUT2D eigenvalue weighted by atomic mass is 10.1. The highest BCUT2D eigenvalue weighted by molar-refractivity contribution is 9.09. The van der Waals surface area contributed by atoms with Gasteiger partial charge in [0.05, 0.1) is 5.57 Å². The van der Waals surface area contributed by atoms with Crippen molar-refractivity contribution in [3.05, 3.63) is 11.8 Å². The minimum absolute atomic E-state index is 0.0236. The van der Waals surface area contributed by atoms with E-state index in [0.717, 1.165) is 11.8 Å². The maximum Gasteiger partial charge on any atom is 0.408 e. The van der Waals surface area contributed by atoms with Crippen LogP contribution in [0.1, 0.15) is 41.5 Å². The largest absolute Gasteiger partial charge is 0.461 e. The molecule has 0 radical (unpaired) electrons. The second-order valence-electron chi connectivity index (χ2n) is 8.72. The van der Waals surface area contributed by atoms with Crippen molar-refractivity contribution in [3.63, 3.8) is 0 Å². The number of rotatable bonds is 5. The van der Waals surface area contributed by atoms with Gasteiger partial charge in [0.2, 0.25) is 0 Å². The van der Waals surface area contributed by atoms with Gasteiger partial charge in [-0.25, -0.2) is 9.59 Å². The standard InChI is InChI=1S/C19H27BrN2O7S/c1-18(2,3)28-16(25)12-10(15(24)27-8-7-20)9-22-13(23)11(14(22)30-12)21-17(26)29-19(4,5)6/h9,11-12,14H,7-8H2,1-6H3,(H,21,26)/t11?,12?,14-/m1/s1. The molecule has 9 nitrogen and oxygen atoms in total. The molecule has 0 aromatic rings. The Kier molecular flexibility index (Phi) is 7.49. The van der Waals surface area contributed by atoms with E-state index in [4.69, 9.17) is 14.2 Å². The van der Waals surface area contributed by atoms with Gasteiger partial charge in [-0.15, -0.1) is 11.8 Å². The molecule has 2 aliphatic heterocycles. The van der Waals surface area contributed by atoms with Gasteiger partial charge in [-0.1, -0.05) is 15.9 Å². The third-order valence-electron chi connectivity index (χ3n) is 3.76. The van der Waals surface area contributed by atoms with Crippen molar-refractivity contribution < 1.29 is 33.4 Å². The minimum Gasteiger partial charge on any atom is -0.461 e. The first-order valence-electron chi connectivity index (χ1n) is 9.38. The first-order chi connectivity index (χ1) is 13.7. The van der Waals surface area contributed by atoms with Crippen LogP contribution in [0.2, 0.25) is 0 Å². The summed E-state index contributed by atoms with van der Waals surface area (Å²) in [6, 6.07) is -0.883. The molecule has 1 N–H and O–H groups in total. The molecule has 2 unspecified atom stereocenters. The highest BCUT2D eigenvalue weighted by Gasteiger charge is 2.54. The molecule has 0 aromatic carbocycles. The van der Waals surface area contributed by atoms with Gasteiger partial charge in [0.1, 0.15) is 34.5 Å². The lowest BCUT2D eigenvalue weighted by molar-refractivity contribution is -0.155. The van der Waals surface area contributed by atoms with E-state index in [-0.39, 0.29) is 12.2 Å². The van der Waals surface area contributed by atoms with Gasteiger partial charge in [0.25, 0.3) is 5.91 Å². The van der Waals surface area contributed by atoms with E-state index in [9.17, 15) is 19.2 Å². The van der Waals surface area contributed by atoms with Gasteiger partial charge < -0.3 is 24.4 Å². The fourth-order valence-corrected chi connectivity index (χ4v) is 4.22. The number of nitrogens with one attached hydrogen (secondary N) is 1. The average molecular weight is 507 g/mol. The quantitative estimate of drug-likeness (QED) is 0.261. The molecule has 2 amide bonds.